The predicted molar refractivity (Wildman–Crippen MR) is 86.6 cm³/mol. The lowest BCUT2D eigenvalue weighted by atomic mass is 10.1. The largest absolute Gasteiger partial charge is 0.356 e. The molecule has 0 aliphatic carbocycles. The molecule has 110 valence electrons. The van der Waals surface area contributed by atoms with Gasteiger partial charge in [-0.1, -0.05) is 30.8 Å². The molecular formula is C16H21N3OSi. The Morgan fingerprint density at radius 2 is 2.14 bits per heavy atom. The van der Waals surface area contributed by atoms with Crippen molar-refractivity contribution in [3.8, 4) is 11.5 Å². The lowest BCUT2D eigenvalue weighted by Crippen LogP contribution is -2.19. The molecule has 1 atom stereocenters. The molecule has 1 unspecified atom stereocenters. The molecule has 0 spiro atoms. The molecule has 0 radical (unpaired) electrons. The van der Waals surface area contributed by atoms with Crippen molar-refractivity contribution < 1.29 is 4.74 Å². The van der Waals surface area contributed by atoms with Crippen LogP contribution in [0.25, 0.3) is 11.0 Å². The quantitative estimate of drug-likeness (QED) is 0.599. The van der Waals surface area contributed by atoms with Gasteiger partial charge in [0.1, 0.15) is 13.6 Å². The molecule has 1 saturated heterocycles. The standard InChI is InChI=1S/C16H21N3OSi/c1-21(2,3)11-9-13-7-8-15-14(12-13)17-18-19(15)16-6-4-5-10-20-16/h7-8,12,16H,4-6,10H2,1-3H3. The molecule has 1 aromatic carbocycles. The summed E-state index contributed by atoms with van der Waals surface area (Å²) in [6, 6.07) is 6.13. The number of ether oxygens (including phenoxy) is 1. The van der Waals surface area contributed by atoms with Crippen LogP contribution in [-0.2, 0) is 4.74 Å². The van der Waals surface area contributed by atoms with Crippen molar-refractivity contribution in [3.63, 3.8) is 0 Å². The summed E-state index contributed by atoms with van der Waals surface area (Å²) < 4.78 is 7.70. The Hall–Kier alpha value is -1.64. The highest BCUT2D eigenvalue weighted by Crippen LogP contribution is 2.25. The highest BCUT2D eigenvalue weighted by molar-refractivity contribution is 6.83. The number of benzene rings is 1. The number of hydrogen-bond donors (Lipinski definition) is 0. The number of aromatic nitrogens is 3. The van der Waals surface area contributed by atoms with Crippen molar-refractivity contribution >= 4 is 19.1 Å². The average molecular weight is 299 g/mol. The van der Waals surface area contributed by atoms with Crippen molar-refractivity contribution in [1.82, 2.24) is 15.0 Å². The Morgan fingerprint density at radius 1 is 1.29 bits per heavy atom. The molecule has 3 rings (SSSR count). The third kappa shape index (κ3) is 3.34. The van der Waals surface area contributed by atoms with Gasteiger partial charge in [-0.25, -0.2) is 4.68 Å². The Morgan fingerprint density at radius 3 is 2.86 bits per heavy atom. The van der Waals surface area contributed by atoms with E-state index >= 15 is 0 Å². The summed E-state index contributed by atoms with van der Waals surface area (Å²) in [5.74, 6) is 3.27. The molecule has 1 aliphatic rings. The summed E-state index contributed by atoms with van der Waals surface area (Å²) in [5, 5.41) is 8.55. The number of hydrogen-bond acceptors (Lipinski definition) is 3. The van der Waals surface area contributed by atoms with Crippen molar-refractivity contribution in [2.75, 3.05) is 6.61 Å². The normalized spacial score (nSPS) is 19.3. The Labute approximate surface area is 126 Å². The molecule has 2 aromatic rings. The van der Waals surface area contributed by atoms with E-state index in [1.165, 1.54) is 6.42 Å². The van der Waals surface area contributed by atoms with E-state index in [2.05, 4.69) is 53.5 Å². The van der Waals surface area contributed by atoms with Gasteiger partial charge in [-0.15, -0.1) is 10.6 Å². The first-order valence-electron chi connectivity index (χ1n) is 7.53. The van der Waals surface area contributed by atoms with Crippen LogP contribution < -0.4 is 0 Å². The minimum atomic E-state index is -1.35. The molecule has 5 heteroatoms. The van der Waals surface area contributed by atoms with Gasteiger partial charge in [0.05, 0.1) is 5.52 Å². The van der Waals surface area contributed by atoms with Gasteiger partial charge in [-0.2, -0.15) is 0 Å². The van der Waals surface area contributed by atoms with E-state index in [1.54, 1.807) is 0 Å². The molecule has 1 aromatic heterocycles. The summed E-state index contributed by atoms with van der Waals surface area (Å²) in [6.07, 6.45) is 3.36. The predicted octanol–water partition coefficient (Wildman–Crippen LogP) is 3.36. The number of fused-ring (bicyclic) bond motifs is 1. The number of rotatable bonds is 1. The first-order valence-corrected chi connectivity index (χ1v) is 11.0. The van der Waals surface area contributed by atoms with Crippen molar-refractivity contribution in [1.29, 1.82) is 0 Å². The van der Waals surface area contributed by atoms with Gasteiger partial charge < -0.3 is 4.74 Å². The van der Waals surface area contributed by atoms with E-state index in [0.717, 1.165) is 36.0 Å². The molecule has 0 saturated carbocycles. The summed E-state index contributed by atoms with van der Waals surface area (Å²) in [6.45, 7) is 7.55. The smallest absolute Gasteiger partial charge is 0.152 e. The second-order valence-corrected chi connectivity index (χ2v) is 11.3. The van der Waals surface area contributed by atoms with E-state index in [4.69, 9.17) is 4.74 Å². The molecule has 0 bridgehead atoms. The molecule has 0 amide bonds. The minimum absolute atomic E-state index is 0.0302. The second-order valence-electron chi connectivity index (χ2n) is 6.56. The zero-order valence-electron chi connectivity index (χ0n) is 12.9. The molecular weight excluding hydrogens is 278 g/mol. The average Bonchev–Trinajstić information content (AvgIpc) is 2.88. The zero-order chi connectivity index (χ0) is 14.9. The third-order valence-corrected chi connectivity index (χ3v) is 4.36. The Bertz CT molecular complexity index is 700. The number of nitrogens with zero attached hydrogens (tertiary/aromatic N) is 3. The summed E-state index contributed by atoms with van der Waals surface area (Å²) in [4.78, 5) is 0. The van der Waals surface area contributed by atoms with Crippen LogP contribution in [0.15, 0.2) is 18.2 Å². The van der Waals surface area contributed by atoms with Crippen LogP contribution >= 0.6 is 0 Å². The maximum atomic E-state index is 5.79. The van der Waals surface area contributed by atoms with Gasteiger partial charge in [-0.05, 0) is 37.5 Å². The molecule has 4 nitrogen and oxygen atoms in total. The fourth-order valence-electron chi connectivity index (χ4n) is 2.41. The van der Waals surface area contributed by atoms with Crippen LogP contribution in [-0.4, -0.2) is 29.7 Å². The van der Waals surface area contributed by atoms with E-state index in [1.807, 2.05) is 10.7 Å². The van der Waals surface area contributed by atoms with Gasteiger partial charge >= 0.3 is 0 Å². The summed E-state index contributed by atoms with van der Waals surface area (Å²) >= 11 is 0. The fraction of sp³-hybridized carbons (Fsp3) is 0.500. The zero-order valence-corrected chi connectivity index (χ0v) is 13.9. The van der Waals surface area contributed by atoms with Gasteiger partial charge in [0.15, 0.2) is 6.23 Å². The highest BCUT2D eigenvalue weighted by atomic mass is 28.3. The van der Waals surface area contributed by atoms with Crippen molar-refractivity contribution in [2.45, 2.75) is 45.1 Å². The van der Waals surface area contributed by atoms with Crippen molar-refractivity contribution in [3.05, 3.63) is 23.8 Å². The van der Waals surface area contributed by atoms with Gasteiger partial charge in [0, 0.05) is 12.2 Å². The maximum absolute atomic E-state index is 5.79. The van der Waals surface area contributed by atoms with Gasteiger partial charge in [-0.3, -0.25) is 0 Å². The molecule has 21 heavy (non-hydrogen) atoms. The lowest BCUT2D eigenvalue weighted by molar-refractivity contribution is -0.0377. The van der Waals surface area contributed by atoms with Gasteiger partial charge in [0.2, 0.25) is 0 Å². The van der Waals surface area contributed by atoms with E-state index in [9.17, 15) is 0 Å². The SMILES string of the molecule is C[Si](C)(C)C#Cc1ccc2c(c1)nnn2C1CCCCO1. The molecule has 2 heterocycles. The van der Waals surface area contributed by atoms with Crippen LogP contribution in [0.3, 0.4) is 0 Å². The summed E-state index contributed by atoms with van der Waals surface area (Å²) in [7, 11) is -1.35. The maximum Gasteiger partial charge on any atom is 0.152 e. The topological polar surface area (TPSA) is 39.9 Å². The minimum Gasteiger partial charge on any atom is -0.356 e. The summed E-state index contributed by atoms with van der Waals surface area (Å²) in [5.41, 5.74) is 6.32. The first-order chi connectivity index (χ1) is 10.0. The third-order valence-electron chi connectivity index (χ3n) is 3.48. The van der Waals surface area contributed by atoms with E-state index in [0.29, 0.717) is 0 Å². The first kappa shape index (κ1) is 14.3. The monoisotopic (exact) mass is 299 g/mol. The van der Waals surface area contributed by atoms with Crippen LogP contribution in [0.4, 0.5) is 0 Å². The van der Waals surface area contributed by atoms with Crippen LogP contribution in [0.2, 0.25) is 19.6 Å². The Kier molecular flexibility index (Phi) is 3.83. The molecule has 1 fully saturated rings. The Balaban J connectivity index is 1.91. The van der Waals surface area contributed by atoms with Gasteiger partial charge in [0.25, 0.3) is 0 Å². The van der Waals surface area contributed by atoms with Crippen LogP contribution in [0.5, 0.6) is 0 Å². The highest BCUT2D eigenvalue weighted by Gasteiger charge is 2.19. The second kappa shape index (κ2) is 5.62. The van der Waals surface area contributed by atoms with E-state index < -0.39 is 8.07 Å². The van der Waals surface area contributed by atoms with Crippen molar-refractivity contribution in [2.24, 2.45) is 0 Å². The molecule has 1 aliphatic heterocycles. The fourth-order valence-corrected chi connectivity index (χ4v) is 2.93. The lowest BCUT2D eigenvalue weighted by Gasteiger charge is -2.22. The van der Waals surface area contributed by atoms with Crippen LogP contribution in [0.1, 0.15) is 31.1 Å². The van der Waals surface area contributed by atoms with Crippen LogP contribution in [0, 0.1) is 11.5 Å². The van der Waals surface area contributed by atoms with E-state index in [-0.39, 0.29) is 6.23 Å². The molecule has 0 N–H and O–H groups in total.